The van der Waals surface area contributed by atoms with Crippen molar-refractivity contribution < 1.29 is 9.53 Å². The molecule has 0 fully saturated rings. The van der Waals surface area contributed by atoms with E-state index in [0.29, 0.717) is 36.7 Å². The number of carbonyl (C=O) groups is 1. The zero-order chi connectivity index (χ0) is 13.4. The van der Waals surface area contributed by atoms with Crippen LogP contribution in [0.25, 0.3) is 0 Å². The van der Waals surface area contributed by atoms with E-state index >= 15 is 0 Å². The number of rotatable bonds is 6. The summed E-state index contributed by atoms with van der Waals surface area (Å²) >= 11 is 5.68. The molecule has 1 amide bonds. The molecule has 0 unspecified atom stereocenters. The highest BCUT2D eigenvalue weighted by Crippen LogP contribution is 2.07. The number of methoxy groups -OCH3 is 1. The fraction of sp³-hybridized carbons (Fsp3) is 0.385. The van der Waals surface area contributed by atoms with Gasteiger partial charge in [-0.3, -0.25) is 4.79 Å². The Kier molecular flexibility index (Phi) is 6.20. The Morgan fingerprint density at radius 1 is 1.39 bits per heavy atom. The van der Waals surface area contributed by atoms with Gasteiger partial charge in [0.05, 0.1) is 18.2 Å². The monoisotopic (exact) mass is 266 g/mol. The first-order valence-corrected chi connectivity index (χ1v) is 6.10. The molecule has 5 heteroatoms. The molecule has 0 heterocycles. The Hall–Kier alpha value is -1.57. The van der Waals surface area contributed by atoms with Crippen molar-refractivity contribution in [2.45, 2.75) is 0 Å². The molecule has 0 bridgehead atoms. The molecule has 96 valence electrons. The lowest BCUT2D eigenvalue weighted by Crippen LogP contribution is -2.35. The van der Waals surface area contributed by atoms with Gasteiger partial charge in [-0.15, -0.1) is 11.6 Å². The molecule has 4 nitrogen and oxygen atoms in total. The third kappa shape index (κ3) is 4.02. The maximum atomic E-state index is 12.2. The average Bonchev–Trinajstić information content (AvgIpc) is 2.43. The number of benzene rings is 1. The number of nitrogens with zero attached hydrogens (tertiary/aromatic N) is 2. The largest absolute Gasteiger partial charge is 0.383 e. The number of amides is 1. The summed E-state index contributed by atoms with van der Waals surface area (Å²) in [6, 6.07) is 8.57. The second-order valence-electron chi connectivity index (χ2n) is 3.66. The van der Waals surface area contributed by atoms with Crippen molar-refractivity contribution in [2.75, 3.05) is 32.7 Å². The van der Waals surface area contributed by atoms with E-state index in [2.05, 4.69) is 0 Å². The first kappa shape index (κ1) is 14.5. The van der Waals surface area contributed by atoms with Crippen LogP contribution in [0.1, 0.15) is 15.9 Å². The number of halogens is 1. The second kappa shape index (κ2) is 7.70. The van der Waals surface area contributed by atoms with Crippen LogP contribution in [0.5, 0.6) is 0 Å². The summed E-state index contributed by atoms with van der Waals surface area (Å²) < 4.78 is 4.96. The van der Waals surface area contributed by atoms with E-state index in [1.807, 2.05) is 6.07 Å². The number of ether oxygens (including phenoxy) is 1. The van der Waals surface area contributed by atoms with Gasteiger partial charge < -0.3 is 9.64 Å². The Morgan fingerprint density at radius 3 is 2.56 bits per heavy atom. The Labute approximate surface area is 112 Å². The zero-order valence-corrected chi connectivity index (χ0v) is 11.0. The molecule has 1 aromatic rings. The van der Waals surface area contributed by atoms with Crippen LogP contribution in [-0.2, 0) is 4.74 Å². The van der Waals surface area contributed by atoms with Crippen LogP contribution in [0.3, 0.4) is 0 Å². The number of hydrogen-bond donors (Lipinski definition) is 0. The summed E-state index contributed by atoms with van der Waals surface area (Å²) in [4.78, 5) is 13.8. The SMILES string of the molecule is COCCN(CCCl)C(=O)c1ccc(C#N)cc1. The van der Waals surface area contributed by atoms with E-state index in [1.54, 1.807) is 36.3 Å². The van der Waals surface area contributed by atoms with Gasteiger partial charge in [-0.25, -0.2) is 0 Å². The number of alkyl halides is 1. The fourth-order valence-electron chi connectivity index (χ4n) is 1.49. The molecule has 0 atom stereocenters. The van der Waals surface area contributed by atoms with Gasteiger partial charge in [0.25, 0.3) is 5.91 Å². The highest BCUT2D eigenvalue weighted by Gasteiger charge is 2.14. The van der Waals surface area contributed by atoms with Crippen molar-refractivity contribution in [3.8, 4) is 6.07 Å². The highest BCUT2D eigenvalue weighted by molar-refractivity contribution is 6.18. The Bertz CT molecular complexity index is 426. The van der Waals surface area contributed by atoms with E-state index in [0.717, 1.165) is 0 Å². The minimum atomic E-state index is -0.0998. The lowest BCUT2D eigenvalue weighted by atomic mass is 10.1. The minimum Gasteiger partial charge on any atom is -0.383 e. The maximum Gasteiger partial charge on any atom is 0.253 e. The molecule has 0 aliphatic heterocycles. The topological polar surface area (TPSA) is 53.3 Å². The molecule has 1 aromatic carbocycles. The molecule has 0 aliphatic carbocycles. The third-order valence-corrected chi connectivity index (χ3v) is 2.64. The third-order valence-electron chi connectivity index (χ3n) is 2.47. The van der Waals surface area contributed by atoms with E-state index in [4.69, 9.17) is 21.6 Å². The van der Waals surface area contributed by atoms with Gasteiger partial charge in [-0.05, 0) is 24.3 Å². The number of hydrogen-bond acceptors (Lipinski definition) is 3. The van der Waals surface area contributed by atoms with Crippen LogP contribution in [0.2, 0.25) is 0 Å². The van der Waals surface area contributed by atoms with E-state index in [1.165, 1.54) is 0 Å². The van der Waals surface area contributed by atoms with Crippen LogP contribution in [0.4, 0.5) is 0 Å². The van der Waals surface area contributed by atoms with Crippen molar-refractivity contribution in [2.24, 2.45) is 0 Å². The summed E-state index contributed by atoms with van der Waals surface area (Å²) in [5, 5.41) is 8.70. The van der Waals surface area contributed by atoms with Gasteiger partial charge in [-0.1, -0.05) is 0 Å². The number of carbonyl (C=O) groups excluding carboxylic acids is 1. The molecule has 0 radical (unpaired) electrons. The van der Waals surface area contributed by atoms with Crippen molar-refractivity contribution in [3.63, 3.8) is 0 Å². The predicted molar refractivity (Wildman–Crippen MR) is 69.7 cm³/mol. The molecule has 0 aliphatic rings. The molecule has 0 saturated heterocycles. The average molecular weight is 267 g/mol. The molecule has 0 aromatic heterocycles. The van der Waals surface area contributed by atoms with Crippen molar-refractivity contribution >= 4 is 17.5 Å². The summed E-state index contributed by atoms with van der Waals surface area (Å²) in [5.41, 5.74) is 1.09. The lowest BCUT2D eigenvalue weighted by Gasteiger charge is -2.21. The lowest BCUT2D eigenvalue weighted by molar-refractivity contribution is 0.0708. The van der Waals surface area contributed by atoms with Crippen molar-refractivity contribution in [3.05, 3.63) is 35.4 Å². The summed E-state index contributed by atoms with van der Waals surface area (Å²) in [6.07, 6.45) is 0. The van der Waals surface area contributed by atoms with Crippen molar-refractivity contribution in [1.29, 1.82) is 5.26 Å². The van der Waals surface area contributed by atoms with E-state index in [-0.39, 0.29) is 5.91 Å². The fourth-order valence-corrected chi connectivity index (χ4v) is 1.69. The van der Waals surface area contributed by atoms with Crippen LogP contribution < -0.4 is 0 Å². The highest BCUT2D eigenvalue weighted by atomic mass is 35.5. The first-order chi connectivity index (χ1) is 8.72. The Morgan fingerprint density at radius 2 is 2.06 bits per heavy atom. The zero-order valence-electron chi connectivity index (χ0n) is 10.2. The smallest absolute Gasteiger partial charge is 0.253 e. The van der Waals surface area contributed by atoms with Gasteiger partial charge in [0, 0.05) is 31.6 Å². The Balaban J connectivity index is 2.77. The quantitative estimate of drug-likeness (QED) is 0.739. The molecule has 0 N–H and O–H groups in total. The first-order valence-electron chi connectivity index (χ1n) is 5.57. The van der Waals surface area contributed by atoms with E-state index < -0.39 is 0 Å². The van der Waals surface area contributed by atoms with Gasteiger partial charge in [0.2, 0.25) is 0 Å². The van der Waals surface area contributed by atoms with Crippen LogP contribution in [0.15, 0.2) is 24.3 Å². The summed E-state index contributed by atoms with van der Waals surface area (Å²) in [6.45, 7) is 1.45. The predicted octanol–water partition coefficient (Wildman–Crippen LogP) is 1.89. The molecule has 1 rings (SSSR count). The second-order valence-corrected chi connectivity index (χ2v) is 4.04. The molecular formula is C13H15ClN2O2. The van der Waals surface area contributed by atoms with Gasteiger partial charge >= 0.3 is 0 Å². The molecule has 0 spiro atoms. The van der Waals surface area contributed by atoms with Crippen molar-refractivity contribution in [1.82, 2.24) is 4.90 Å². The minimum absolute atomic E-state index is 0.0998. The van der Waals surface area contributed by atoms with Crippen LogP contribution in [-0.4, -0.2) is 43.5 Å². The normalized spacial score (nSPS) is 9.83. The van der Waals surface area contributed by atoms with Gasteiger partial charge in [-0.2, -0.15) is 5.26 Å². The molecular weight excluding hydrogens is 252 g/mol. The van der Waals surface area contributed by atoms with E-state index in [9.17, 15) is 4.79 Å². The van der Waals surface area contributed by atoms with Gasteiger partial charge in [0.1, 0.15) is 0 Å². The van der Waals surface area contributed by atoms with Crippen LogP contribution >= 0.6 is 11.6 Å². The maximum absolute atomic E-state index is 12.2. The van der Waals surface area contributed by atoms with Crippen LogP contribution in [0, 0.1) is 11.3 Å². The summed E-state index contributed by atoms with van der Waals surface area (Å²) in [7, 11) is 1.59. The molecule has 0 saturated carbocycles. The molecule has 18 heavy (non-hydrogen) atoms. The number of nitriles is 1. The standard InChI is InChI=1S/C13H15ClN2O2/c1-18-9-8-16(7-6-14)13(17)12-4-2-11(10-15)3-5-12/h2-5H,6-9H2,1H3. The summed E-state index contributed by atoms with van der Waals surface area (Å²) in [5.74, 6) is 0.281. The van der Waals surface area contributed by atoms with Gasteiger partial charge in [0.15, 0.2) is 0 Å².